The molecule has 94 valence electrons. The van der Waals surface area contributed by atoms with Crippen molar-refractivity contribution in [2.45, 2.75) is 25.4 Å². The zero-order valence-electron chi connectivity index (χ0n) is 9.74. The SMILES string of the molecule is Fc1cc(F)cc(-n2ccc(CNC3CC3)n2)c1. The van der Waals surface area contributed by atoms with Crippen LogP contribution >= 0.6 is 0 Å². The predicted molar refractivity (Wildman–Crippen MR) is 63.3 cm³/mol. The van der Waals surface area contributed by atoms with Crippen molar-refractivity contribution in [3.8, 4) is 5.69 Å². The van der Waals surface area contributed by atoms with E-state index in [4.69, 9.17) is 0 Å². The fourth-order valence-electron chi connectivity index (χ4n) is 1.81. The van der Waals surface area contributed by atoms with Crippen molar-refractivity contribution in [2.24, 2.45) is 0 Å². The van der Waals surface area contributed by atoms with Crippen LogP contribution in [0.5, 0.6) is 0 Å². The maximum atomic E-state index is 13.1. The molecule has 0 atom stereocenters. The molecule has 3 nitrogen and oxygen atoms in total. The van der Waals surface area contributed by atoms with Gasteiger partial charge in [0.25, 0.3) is 0 Å². The molecular weight excluding hydrogens is 236 g/mol. The summed E-state index contributed by atoms with van der Waals surface area (Å²) in [4.78, 5) is 0. The quantitative estimate of drug-likeness (QED) is 0.901. The minimum absolute atomic E-state index is 0.394. The minimum Gasteiger partial charge on any atom is -0.308 e. The number of benzene rings is 1. The molecule has 1 aliphatic carbocycles. The third kappa shape index (κ3) is 2.56. The van der Waals surface area contributed by atoms with Crippen LogP contribution < -0.4 is 5.32 Å². The molecule has 5 heteroatoms. The standard InChI is InChI=1S/C13H13F2N3/c14-9-5-10(15)7-13(6-9)18-4-3-12(17-18)8-16-11-1-2-11/h3-7,11,16H,1-2,8H2. The first kappa shape index (κ1) is 11.3. The van der Waals surface area contributed by atoms with Gasteiger partial charge in [0.15, 0.2) is 0 Å². The lowest BCUT2D eigenvalue weighted by Gasteiger charge is -2.02. The molecule has 2 aromatic rings. The molecule has 1 aliphatic rings. The van der Waals surface area contributed by atoms with E-state index < -0.39 is 11.6 Å². The normalized spacial score (nSPS) is 15.0. The van der Waals surface area contributed by atoms with Gasteiger partial charge in [-0.05, 0) is 31.0 Å². The zero-order valence-corrected chi connectivity index (χ0v) is 9.74. The van der Waals surface area contributed by atoms with E-state index in [-0.39, 0.29) is 0 Å². The number of halogens is 2. The highest BCUT2D eigenvalue weighted by Crippen LogP contribution is 2.19. The van der Waals surface area contributed by atoms with E-state index in [2.05, 4.69) is 10.4 Å². The van der Waals surface area contributed by atoms with Gasteiger partial charge < -0.3 is 5.32 Å². The predicted octanol–water partition coefficient (Wildman–Crippen LogP) is 2.40. The van der Waals surface area contributed by atoms with Gasteiger partial charge in [0.1, 0.15) is 11.6 Å². The van der Waals surface area contributed by atoms with E-state index in [1.807, 2.05) is 6.07 Å². The molecule has 18 heavy (non-hydrogen) atoms. The second-order valence-electron chi connectivity index (χ2n) is 4.53. The van der Waals surface area contributed by atoms with Gasteiger partial charge in [-0.3, -0.25) is 0 Å². The van der Waals surface area contributed by atoms with Crippen LogP contribution in [0.3, 0.4) is 0 Å². The average molecular weight is 249 g/mol. The number of hydrogen-bond donors (Lipinski definition) is 1. The lowest BCUT2D eigenvalue weighted by atomic mass is 10.3. The summed E-state index contributed by atoms with van der Waals surface area (Å²) < 4.78 is 27.7. The maximum absolute atomic E-state index is 13.1. The molecule has 1 saturated carbocycles. The Morgan fingerprint density at radius 1 is 1.22 bits per heavy atom. The third-order valence-electron chi connectivity index (χ3n) is 2.91. The Morgan fingerprint density at radius 2 is 1.94 bits per heavy atom. The maximum Gasteiger partial charge on any atom is 0.128 e. The summed E-state index contributed by atoms with van der Waals surface area (Å²) in [7, 11) is 0. The van der Waals surface area contributed by atoms with Gasteiger partial charge in [-0.25, -0.2) is 13.5 Å². The third-order valence-corrected chi connectivity index (χ3v) is 2.91. The van der Waals surface area contributed by atoms with Crippen molar-refractivity contribution in [2.75, 3.05) is 0 Å². The number of aromatic nitrogens is 2. The number of rotatable bonds is 4. The second-order valence-corrected chi connectivity index (χ2v) is 4.53. The highest BCUT2D eigenvalue weighted by Gasteiger charge is 2.20. The van der Waals surface area contributed by atoms with E-state index in [0.29, 0.717) is 18.3 Å². The molecule has 0 unspecified atom stereocenters. The topological polar surface area (TPSA) is 29.9 Å². The zero-order chi connectivity index (χ0) is 12.5. The molecular formula is C13H13F2N3. The van der Waals surface area contributed by atoms with Crippen molar-refractivity contribution >= 4 is 0 Å². The molecule has 1 heterocycles. The van der Waals surface area contributed by atoms with Crippen molar-refractivity contribution in [1.29, 1.82) is 0 Å². The Labute approximate surface area is 103 Å². The highest BCUT2D eigenvalue weighted by molar-refractivity contribution is 5.32. The summed E-state index contributed by atoms with van der Waals surface area (Å²) in [5, 5.41) is 7.62. The van der Waals surface area contributed by atoms with Crippen molar-refractivity contribution < 1.29 is 8.78 Å². The van der Waals surface area contributed by atoms with E-state index >= 15 is 0 Å². The van der Waals surface area contributed by atoms with E-state index in [1.165, 1.54) is 29.7 Å². The molecule has 0 bridgehead atoms. The summed E-state index contributed by atoms with van der Waals surface area (Å²) in [6.07, 6.45) is 4.14. The Hall–Kier alpha value is -1.75. The summed E-state index contributed by atoms with van der Waals surface area (Å²) in [6.45, 7) is 0.690. The molecule has 0 amide bonds. The van der Waals surface area contributed by atoms with Crippen LogP contribution in [-0.4, -0.2) is 15.8 Å². The van der Waals surface area contributed by atoms with Crippen LogP contribution in [0.15, 0.2) is 30.5 Å². The lowest BCUT2D eigenvalue weighted by Crippen LogP contribution is -2.15. The van der Waals surface area contributed by atoms with Gasteiger partial charge in [-0.1, -0.05) is 0 Å². The molecule has 1 N–H and O–H groups in total. The van der Waals surface area contributed by atoms with Crippen LogP contribution in [0, 0.1) is 11.6 Å². The van der Waals surface area contributed by atoms with E-state index in [9.17, 15) is 8.78 Å². The lowest BCUT2D eigenvalue weighted by molar-refractivity contribution is 0.579. The Balaban J connectivity index is 1.78. The summed E-state index contributed by atoms with van der Waals surface area (Å²) in [6, 6.07) is 5.82. The number of nitrogens with zero attached hydrogens (tertiary/aromatic N) is 2. The largest absolute Gasteiger partial charge is 0.308 e. The molecule has 1 fully saturated rings. The first-order chi connectivity index (χ1) is 8.70. The minimum atomic E-state index is -0.599. The van der Waals surface area contributed by atoms with Gasteiger partial charge in [-0.2, -0.15) is 5.10 Å². The first-order valence-corrected chi connectivity index (χ1v) is 5.95. The van der Waals surface area contributed by atoms with Gasteiger partial charge in [0.2, 0.25) is 0 Å². The van der Waals surface area contributed by atoms with Gasteiger partial charge in [0.05, 0.1) is 11.4 Å². The Morgan fingerprint density at radius 3 is 2.61 bits per heavy atom. The number of hydrogen-bond acceptors (Lipinski definition) is 2. The fourth-order valence-corrected chi connectivity index (χ4v) is 1.81. The fraction of sp³-hybridized carbons (Fsp3) is 0.308. The smallest absolute Gasteiger partial charge is 0.128 e. The average Bonchev–Trinajstić information content (AvgIpc) is 3.02. The van der Waals surface area contributed by atoms with Crippen LogP contribution in [0.1, 0.15) is 18.5 Å². The van der Waals surface area contributed by atoms with E-state index in [1.54, 1.807) is 6.20 Å². The van der Waals surface area contributed by atoms with Crippen LogP contribution in [0.2, 0.25) is 0 Å². The van der Waals surface area contributed by atoms with Crippen LogP contribution in [0.4, 0.5) is 8.78 Å². The monoisotopic (exact) mass is 249 g/mol. The van der Waals surface area contributed by atoms with Gasteiger partial charge in [0, 0.05) is 24.8 Å². The van der Waals surface area contributed by atoms with Crippen molar-refractivity contribution in [3.63, 3.8) is 0 Å². The Kier molecular flexibility index (Phi) is 2.83. The molecule has 0 saturated heterocycles. The highest BCUT2D eigenvalue weighted by atomic mass is 19.1. The second kappa shape index (κ2) is 4.49. The molecule has 0 aliphatic heterocycles. The van der Waals surface area contributed by atoms with Gasteiger partial charge in [-0.15, -0.1) is 0 Å². The van der Waals surface area contributed by atoms with Crippen molar-refractivity contribution in [1.82, 2.24) is 15.1 Å². The molecule has 1 aromatic heterocycles. The van der Waals surface area contributed by atoms with Crippen LogP contribution in [-0.2, 0) is 6.54 Å². The first-order valence-electron chi connectivity index (χ1n) is 5.95. The number of nitrogens with one attached hydrogen (secondary N) is 1. The molecule has 3 rings (SSSR count). The summed E-state index contributed by atoms with van der Waals surface area (Å²) in [5.74, 6) is -1.20. The molecule has 0 spiro atoms. The summed E-state index contributed by atoms with van der Waals surface area (Å²) in [5.41, 5.74) is 1.26. The van der Waals surface area contributed by atoms with Crippen LogP contribution in [0.25, 0.3) is 5.69 Å². The molecule has 1 aromatic carbocycles. The summed E-state index contributed by atoms with van der Waals surface area (Å²) >= 11 is 0. The van der Waals surface area contributed by atoms with Crippen molar-refractivity contribution in [3.05, 3.63) is 47.8 Å². The molecule has 0 radical (unpaired) electrons. The Bertz CT molecular complexity index is 541. The van der Waals surface area contributed by atoms with Gasteiger partial charge >= 0.3 is 0 Å². The van der Waals surface area contributed by atoms with E-state index in [0.717, 1.165) is 11.8 Å².